The number of benzene rings is 2. The van der Waals surface area contributed by atoms with Gasteiger partial charge in [0.2, 0.25) is 0 Å². The Hall–Kier alpha value is -2.64. The molecule has 7 nitrogen and oxygen atoms in total. The normalized spacial score (nSPS) is 11.1. The Labute approximate surface area is 152 Å². The standard InChI is InChI=1S/C16H12Cl2N2O5/c1-10(11-3-2-4-13(7-11)20(22)23)19-25-16(21)9-24-15-6-5-12(17)8-14(15)18/h2-8H,9H2,1H3/b19-10-. The number of rotatable bonds is 6. The molecule has 2 aromatic rings. The highest BCUT2D eigenvalue weighted by molar-refractivity contribution is 6.35. The van der Waals surface area contributed by atoms with Crippen LogP contribution in [0.15, 0.2) is 47.6 Å². The molecular weight excluding hydrogens is 371 g/mol. The van der Waals surface area contributed by atoms with Crippen molar-refractivity contribution in [2.75, 3.05) is 6.61 Å². The van der Waals surface area contributed by atoms with Crippen molar-refractivity contribution >= 4 is 40.6 Å². The summed E-state index contributed by atoms with van der Waals surface area (Å²) in [6, 6.07) is 10.4. The van der Waals surface area contributed by atoms with Gasteiger partial charge < -0.3 is 9.57 Å². The average molecular weight is 383 g/mol. The molecule has 0 N–H and O–H groups in total. The molecule has 0 aliphatic rings. The number of ether oxygens (including phenoxy) is 1. The van der Waals surface area contributed by atoms with Crippen molar-refractivity contribution in [3.05, 3.63) is 68.2 Å². The van der Waals surface area contributed by atoms with Crippen LogP contribution in [0.25, 0.3) is 0 Å². The summed E-state index contributed by atoms with van der Waals surface area (Å²) in [6.45, 7) is 1.15. The Bertz CT molecular complexity index is 839. The number of hydrogen-bond donors (Lipinski definition) is 0. The summed E-state index contributed by atoms with van der Waals surface area (Å²) >= 11 is 11.7. The molecule has 2 aromatic carbocycles. The molecule has 0 fully saturated rings. The second-order valence-corrected chi connectivity index (χ2v) is 5.65. The van der Waals surface area contributed by atoms with Gasteiger partial charge in [0, 0.05) is 22.7 Å². The number of nitro groups is 1. The molecule has 25 heavy (non-hydrogen) atoms. The fourth-order valence-electron chi connectivity index (χ4n) is 1.77. The lowest BCUT2D eigenvalue weighted by molar-refractivity contribution is -0.384. The van der Waals surface area contributed by atoms with Crippen molar-refractivity contribution < 1.29 is 19.3 Å². The maximum Gasteiger partial charge on any atom is 0.372 e. The predicted octanol–water partition coefficient (Wildman–Crippen LogP) is 4.25. The molecule has 0 atom stereocenters. The average Bonchev–Trinajstić information content (AvgIpc) is 2.59. The van der Waals surface area contributed by atoms with E-state index in [1.165, 1.54) is 30.3 Å². The molecular formula is C16H12Cl2N2O5. The smallest absolute Gasteiger partial charge is 0.372 e. The van der Waals surface area contributed by atoms with Gasteiger partial charge in [0.1, 0.15) is 5.75 Å². The van der Waals surface area contributed by atoms with E-state index in [1.807, 2.05) is 0 Å². The highest BCUT2D eigenvalue weighted by Gasteiger charge is 2.10. The van der Waals surface area contributed by atoms with E-state index in [1.54, 1.807) is 19.1 Å². The molecule has 0 radical (unpaired) electrons. The highest BCUT2D eigenvalue weighted by Crippen LogP contribution is 2.27. The summed E-state index contributed by atoms with van der Waals surface area (Å²) in [7, 11) is 0. The van der Waals surface area contributed by atoms with Crippen molar-refractivity contribution in [3.63, 3.8) is 0 Å². The van der Waals surface area contributed by atoms with Gasteiger partial charge in [0.25, 0.3) is 5.69 Å². The van der Waals surface area contributed by atoms with Crippen molar-refractivity contribution in [2.24, 2.45) is 5.16 Å². The lowest BCUT2D eigenvalue weighted by Gasteiger charge is -2.06. The van der Waals surface area contributed by atoms with E-state index in [0.717, 1.165) is 0 Å². The van der Waals surface area contributed by atoms with Crippen LogP contribution in [0.1, 0.15) is 12.5 Å². The SMILES string of the molecule is C/C(=N/OC(=O)COc1ccc(Cl)cc1Cl)c1cccc([N+](=O)[O-])c1. The molecule has 0 saturated heterocycles. The first kappa shape index (κ1) is 18.7. The van der Waals surface area contributed by atoms with Crippen molar-refractivity contribution in [1.82, 2.24) is 0 Å². The van der Waals surface area contributed by atoms with E-state index in [0.29, 0.717) is 16.3 Å². The Morgan fingerprint density at radius 2 is 2.00 bits per heavy atom. The topological polar surface area (TPSA) is 91.0 Å². The highest BCUT2D eigenvalue weighted by atomic mass is 35.5. The minimum absolute atomic E-state index is 0.0842. The summed E-state index contributed by atoms with van der Waals surface area (Å²) in [4.78, 5) is 26.6. The first-order valence-corrected chi connectivity index (χ1v) is 7.69. The van der Waals surface area contributed by atoms with Crippen molar-refractivity contribution in [3.8, 4) is 5.75 Å². The van der Waals surface area contributed by atoms with E-state index in [9.17, 15) is 14.9 Å². The zero-order chi connectivity index (χ0) is 18.4. The maximum atomic E-state index is 11.7. The van der Waals surface area contributed by atoms with E-state index in [4.69, 9.17) is 32.8 Å². The summed E-state index contributed by atoms with van der Waals surface area (Å²) in [5, 5.41) is 15.1. The van der Waals surface area contributed by atoms with E-state index in [2.05, 4.69) is 5.16 Å². The van der Waals surface area contributed by atoms with E-state index < -0.39 is 17.5 Å². The van der Waals surface area contributed by atoms with Gasteiger partial charge in [-0.05, 0) is 25.1 Å². The minimum Gasteiger partial charge on any atom is -0.480 e. The van der Waals surface area contributed by atoms with Gasteiger partial charge in [-0.2, -0.15) is 0 Å². The van der Waals surface area contributed by atoms with Crippen molar-refractivity contribution in [2.45, 2.75) is 6.92 Å². The number of halogens is 2. The largest absolute Gasteiger partial charge is 0.480 e. The Balaban J connectivity index is 1.95. The Morgan fingerprint density at radius 1 is 1.24 bits per heavy atom. The molecule has 0 unspecified atom stereocenters. The van der Waals surface area contributed by atoms with Crippen LogP contribution in [-0.2, 0) is 9.63 Å². The van der Waals surface area contributed by atoms with Crippen LogP contribution in [0, 0.1) is 10.1 Å². The van der Waals surface area contributed by atoms with E-state index in [-0.39, 0.29) is 16.5 Å². The zero-order valence-electron chi connectivity index (χ0n) is 12.9. The van der Waals surface area contributed by atoms with Crippen LogP contribution in [0.4, 0.5) is 5.69 Å². The molecule has 0 aliphatic heterocycles. The Morgan fingerprint density at radius 3 is 2.68 bits per heavy atom. The lowest BCUT2D eigenvalue weighted by Crippen LogP contribution is -2.13. The second-order valence-electron chi connectivity index (χ2n) is 4.81. The monoisotopic (exact) mass is 382 g/mol. The van der Waals surface area contributed by atoms with Gasteiger partial charge in [0.15, 0.2) is 6.61 Å². The number of carbonyl (C=O) groups excluding carboxylic acids is 1. The van der Waals surface area contributed by atoms with Crippen LogP contribution in [-0.4, -0.2) is 23.2 Å². The molecule has 0 aromatic heterocycles. The van der Waals surface area contributed by atoms with Crippen LogP contribution in [0.2, 0.25) is 10.0 Å². The fourth-order valence-corrected chi connectivity index (χ4v) is 2.23. The fraction of sp³-hybridized carbons (Fsp3) is 0.125. The summed E-state index contributed by atoms with van der Waals surface area (Å²) in [6.07, 6.45) is 0. The third-order valence-corrected chi connectivity index (χ3v) is 3.53. The molecule has 0 bridgehead atoms. The number of oxime groups is 1. The van der Waals surface area contributed by atoms with Gasteiger partial charge in [0.05, 0.1) is 15.7 Å². The first-order valence-electron chi connectivity index (χ1n) is 6.94. The predicted molar refractivity (Wildman–Crippen MR) is 93.4 cm³/mol. The molecule has 0 heterocycles. The van der Waals surface area contributed by atoms with Gasteiger partial charge >= 0.3 is 5.97 Å². The zero-order valence-corrected chi connectivity index (χ0v) is 14.5. The quantitative estimate of drug-likeness (QED) is 0.322. The number of carbonyl (C=O) groups is 1. The van der Waals surface area contributed by atoms with Gasteiger partial charge in [-0.25, -0.2) is 4.79 Å². The van der Waals surface area contributed by atoms with Crippen molar-refractivity contribution in [1.29, 1.82) is 0 Å². The Kier molecular flexibility index (Phi) is 6.32. The summed E-state index contributed by atoms with van der Waals surface area (Å²) in [5.41, 5.74) is 0.685. The first-order chi connectivity index (χ1) is 11.9. The van der Waals surface area contributed by atoms with Gasteiger partial charge in [-0.1, -0.05) is 40.5 Å². The molecule has 9 heteroatoms. The molecule has 0 amide bonds. The third-order valence-electron chi connectivity index (χ3n) is 3.00. The van der Waals surface area contributed by atoms with Gasteiger partial charge in [-0.3, -0.25) is 10.1 Å². The summed E-state index contributed by atoms with van der Waals surface area (Å²) in [5.74, 6) is -0.474. The number of nitrogens with zero attached hydrogens (tertiary/aromatic N) is 2. The lowest BCUT2D eigenvalue weighted by atomic mass is 10.1. The summed E-state index contributed by atoms with van der Waals surface area (Å²) < 4.78 is 5.22. The van der Waals surface area contributed by atoms with Crippen LogP contribution < -0.4 is 4.74 Å². The van der Waals surface area contributed by atoms with Crippen LogP contribution >= 0.6 is 23.2 Å². The molecule has 0 aliphatic carbocycles. The number of hydrogen-bond acceptors (Lipinski definition) is 6. The molecule has 0 spiro atoms. The minimum atomic E-state index is -0.754. The number of nitro benzene ring substituents is 1. The third kappa shape index (κ3) is 5.44. The molecule has 0 saturated carbocycles. The van der Waals surface area contributed by atoms with Crippen LogP contribution in [0.3, 0.4) is 0 Å². The van der Waals surface area contributed by atoms with E-state index >= 15 is 0 Å². The number of non-ortho nitro benzene ring substituents is 1. The maximum absolute atomic E-state index is 11.7. The second kappa shape index (κ2) is 8.46. The van der Waals surface area contributed by atoms with Crippen LogP contribution in [0.5, 0.6) is 5.75 Å². The molecule has 2 rings (SSSR count). The van der Waals surface area contributed by atoms with Gasteiger partial charge in [-0.15, -0.1) is 0 Å². The molecule has 130 valence electrons.